The summed E-state index contributed by atoms with van der Waals surface area (Å²) in [7, 11) is 0. The first-order valence-electron chi connectivity index (χ1n) is 4.62. The van der Waals surface area contributed by atoms with Gasteiger partial charge < -0.3 is 9.84 Å². The quantitative estimate of drug-likeness (QED) is 0.672. The number of hydrogen-bond acceptors (Lipinski definition) is 3. The van der Waals surface area contributed by atoms with Gasteiger partial charge in [0.2, 0.25) is 0 Å². The Kier molecular flexibility index (Phi) is 6.51. The number of aliphatic hydroxyl groups excluding tert-OH is 1. The van der Waals surface area contributed by atoms with Gasteiger partial charge in [0, 0.05) is 19.1 Å². The largest absolute Gasteiger partial charge is 0.411 e. The Balaban J connectivity index is 3.67. The van der Waals surface area contributed by atoms with Gasteiger partial charge in [0.15, 0.2) is 0 Å². The van der Waals surface area contributed by atoms with Crippen LogP contribution < -0.4 is 0 Å². The fourth-order valence-corrected chi connectivity index (χ4v) is 1.12. The van der Waals surface area contributed by atoms with Crippen molar-refractivity contribution in [2.75, 3.05) is 19.8 Å². The van der Waals surface area contributed by atoms with Crippen LogP contribution in [0.5, 0.6) is 0 Å². The van der Waals surface area contributed by atoms with Gasteiger partial charge in [-0.2, -0.15) is 13.2 Å². The Labute approximate surface area is 86.2 Å². The predicted molar refractivity (Wildman–Crippen MR) is 47.4 cm³/mol. The molecule has 1 unspecified atom stereocenters. The lowest BCUT2D eigenvalue weighted by Gasteiger charge is -2.13. The highest BCUT2D eigenvalue weighted by Crippen LogP contribution is 2.15. The molecule has 15 heavy (non-hydrogen) atoms. The summed E-state index contributed by atoms with van der Waals surface area (Å²) in [6.07, 6.45) is -3.85. The SMILES string of the molecule is CC(=O)C(CCO)CCOCC(F)(F)F. The minimum absolute atomic E-state index is 0.121. The molecule has 0 bridgehead atoms. The molecule has 0 aromatic rings. The second-order valence-electron chi connectivity index (χ2n) is 3.28. The van der Waals surface area contributed by atoms with Crippen LogP contribution >= 0.6 is 0 Å². The van der Waals surface area contributed by atoms with Gasteiger partial charge in [-0.25, -0.2) is 0 Å². The summed E-state index contributed by atoms with van der Waals surface area (Å²) in [6, 6.07) is 0. The van der Waals surface area contributed by atoms with Crippen molar-refractivity contribution < 1.29 is 27.8 Å². The van der Waals surface area contributed by atoms with Crippen molar-refractivity contribution in [3.8, 4) is 0 Å². The molecule has 3 nitrogen and oxygen atoms in total. The Morgan fingerprint density at radius 2 is 2.00 bits per heavy atom. The van der Waals surface area contributed by atoms with Gasteiger partial charge in [-0.1, -0.05) is 0 Å². The lowest BCUT2D eigenvalue weighted by Crippen LogP contribution is -2.20. The Bertz CT molecular complexity index is 192. The monoisotopic (exact) mass is 228 g/mol. The number of rotatable bonds is 7. The normalized spacial score (nSPS) is 13.9. The molecule has 0 rings (SSSR count). The van der Waals surface area contributed by atoms with Crippen LogP contribution in [0.25, 0.3) is 0 Å². The predicted octanol–water partition coefficient (Wildman–Crippen LogP) is 1.54. The highest BCUT2D eigenvalue weighted by Gasteiger charge is 2.27. The Morgan fingerprint density at radius 1 is 1.40 bits per heavy atom. The summed E-state index contributed by atoms with van der Waals surface area (Å²) in [5.41, 5.74) is 0. The van der Waals surface area contributed by atoms with E-state index < -0.39 is 18.7 Å². The van der Waals surface area contributed by atoms with Gasteiger partial charge >= 0.3 is 6.18 Å². The molecule has 0 saturated carbocycles. The van der Waals surface area contributed by atoms with Crippen LogP contribution in [0.1, 0.15) is 19.8 Å². The number of halogens is 3. The number of carbonyl (C=O) groups excluding carboxylic acids is 1. The molecule has 0 aromatic carbocycles. The van der Waals surface area contributed by atoms with Crippen LogP contribution in [-0.4, -0.2) is 36.9 Å². The third-order valence-corrected chi connectivity index (χ3v) is 1.93. The average molecular weight is 228 g/mol. The second-order valence-corrected chi connectivity index (χ2v) is 3.28. The van der Waals surface area contributed by atoms with Crippen molar-refractivity contribution in [3.05, 3.63) is 0 Å². The molecule has 0 heterocycles. The average Bonchev–Trinajstić information content (AvgIpc) is 2.08. The maximum absolute atomic E-state index is 11.7. The highest BCUT2D eigenvalue weighted by molar-refractivity contribution is 5.78. The van der Waals surface area contributed by atoms with E-state index in [9.17, 15) is 18.0 Å². The molecule has 0 fully saturated rings. The standard InChI is InChI=1S/C9H15F3O3/c1-7(14)8(2-4-13)3-5-15-6-9(10,11)12/h8,13H,2-6H2,1H3. The number of aliphatic hydroxyl groups is 1. The maximum Gasteiger partial charge on any atom is 0.411 e. The Hall–Kier alpha value is -0.620. The second kappa shape index (κ2) is 6.79. The molecule has 0 aliphatic carbocycles. The maximum atomic E-state index is 11.7. The molecule has 1 atom stereocenters. The molecule has 90 valence electrons. The lowest BCUT2D eigenvalue weighted by atomic mass is 9.98. The zero-order valence-corrected chi connectivity index (χ0v) is 8.51. The first-order chi connectivity index (χ1) is 6.87. The first-order valence-corrected chi connectivity index (χ1v) is 4.62. The molecule has 6 heteroatoms. The van der Waals surface area contributed by atoms with Crippen molar-refractivity contribution in [3.63, 3.8) is 0 Å². The third kappa shape index (κ3) is 8.38. The van der Waals surface area contributed by atoms with Gasteiger partial charge in [-0.15, -0.1) is 0 Å². The molecule has 0 saturated heterocycles. The van der Waals surface area contributed by atoms with Gasteiger partial charge in [0.1, 0.15) is 12.4 Å². The summed E-state index contributed by atoms with van der Waals surface area (Å²) in [5.74, 6) is -0.553. The van der Waals surface area contributed by atoms with Crippen LogP contribution in [0.4, 0.5) is 13.2 Å². The van der Waals surface area contributed by atoms with E-state index in [0.717, 1.165) is 0 Å². The van der Waals surface area contributed by atoms with E-state index >= 15 is 0 Å². The Morgan fingerprint density at radius 3 is 2.40 bits per heavy atom. The lowest BCUT2D eigenvalue weighted by molar-refractivity contribution is -0.174. The van der Waals surface area contributed by atoms with E-state index in [0.29, 0.717) is 0 Å². The third-order valence-electron chi connectivity index (χ3n) is 1.93. The number of alkyl halides is 3. The van der Waals surface area contributed by atoms with Crippen molar-refractivity contribution in [1.29, 1.82) is 0 Å². The molecule has 0 aliphatic rings. The summed E-state index contributed by atoms with van der Waals surface area (Å²) < 4.78 is 39.3. The topological polar surface area (TPSA) is 46.5 Å². The van der Waals surface area contributed by atoms with Crippen molar-refractivity contribution in [1.82, 2.24) is 0 Å². The number of Topliss-reactive ketones (excluding diaryl/α,β-unsaturated/α-hetero) is 1. The molecule has 0 spiro atoms. The molecule has 1 N–H and O–H groups in total. The fourth-order valence-electron chi connectivity index (χ4n) is 1.12. The number of hydrogen-bond donors (Lipinski definition) is 1. The summed E-state index contributed by atoms with van der Waals surface area (Å²) in [4.78, 5) is 10.9. The van der Waals surface area contributed by atoms with E-state index in [1.165, 1.54) is 6.92 Å². The van der Waals surface area contributed by atoms with E-state index in [1.54, 1.807) is 0 Å². The fraction of sp³-hybridized carbons (Fsp3) is 0.889. The zero-order valence-electron chi connectivity index (χ0n) is 8.51. The van der Waals surface area contributed by atoms with Crippen LogP contribution in [-0.2, 0) is 9.53 Å². The van der Waals surface area contributed by atoms with Gasteiger partial charge in [-0.05, 0) is 19.8 Å². The van der Waals surface area contributed by atoms with E-state index in [-0.39, 0.29) is 31.8 Å². The van der Waals surface area contributed by atoms with E-state index in [1.807, 2.05) is 0 Å². The minimum atomic E-state index is -4.33. The molecular weight excluding hydrogens is 213 g/mol. The summed E-state index contributed by atoms with van der Waals surface area (Å²) in [6.45, 7) is -0.214. The minimum Gasteiger partial charge on any atom is -0.396 e. The number of carbonyl (C=O) groups is 1. The van der Waals surface area contributed by atoms with Crippen LogP contribution in [0.3, 0.4) is 0 Å². The van der Waals surface area contributed by atoms with Crippen LogP contribution in [0, 0.1) is 5.92 Å². The van der Waals surface area contributed by atoms with Crippen molar-refractivity contribution >= 4 is 5.78 Å². The molecule has 0 aliphatic heterocycles. The number of ketones is 1. The van der Waals surface area contributed by atoms with Gasteiger partial charge in [0.25, 0.3) is 0 Å². The van der Waals surface area contributed by atoms with Crippen LogP contribution in [0.2, 0.25) is 0 Å². The summed E-state index contributed by atoms with van der Waals surface area (Å²) in [5, 5.41) is 8.60. The highest BCUT2D eigenvalue weighted by atomic mass is 19.4. The smallest absolute Gasteiger partial charge is 0.396 e. The summed E-state index contributed by atoms with van der Waals surface area (Å²) >= 11 is 0. The van der Waals surface area contributed by atoms with Crippen LogP contribution in [0.15, 0.2) is 0 Å². The number of ether oxygens (including phenoxy) is 1. The van der Waals surface area contributed by atoms with E-state index in [2.05, 4.69) is 4.74 Å². The van der Waals surface area contributed by atoms with Crippen molar-refractivity contribution in [2.24, 2.45) is 5.92 Å². The molecule has 0 radical (unpaired) electrons. The van der Waals surface area contributed by atoms with Crippen molar-refractivity contribution in [2.45, 2.75) is 25.9 Å². The molecule has 0 aromatic heterocycles. The molecular formula is C9H15F3O3. The molecule has 0 amide bonds. The van der Waals surface area contributed by atoms with Gasteiger partial charge in [-0.3, -0.25) is 4.79 Å². The zero-order chi connectivity index (χ0) is 11.9. The van der Waals surface area contributed by atoms with Gasteiger partial charge in [0.05, 0.1) is 0 Å². The first kappa shape index (κ1) is 14.4. The van der Waals surface area contributed by atoms with E-state index in [4.69, 9.17) is 5.11 Å².